The third kappa shape index (κ3) is 2.09. The molecule has 3 N–H and O–H groups in total. The minimum atomic E-state index is -1.15. The van der Waals surface area contributed by atoms with Crippen LogP contribution in [0.2, 0.25) is 0 Å². The predicted molar refractivity (Wildman–Crippen MR) is 50.6 cm³/mol. The van der Waals surface area contributed by atoms with Gasteiger partial charge in [-0.3, -0.25) is 0 Å². The van der Waals surface area contributed by atoms with E-state index in [9.17, 15) is 9.18 Å². The minimum absolute atomic E-state index is 0.0562. The maximum atomic E-state index is 12.8. The first-order chi connectivity index (χ1) is 6.56. The summed E-state index contributed by atoms with van der Waals surface area (Å²) < 4.78 is 12.8. The quantitative estimate of drug-likeness (QED) is 0.778. The molecule has 1 atom stereocenters. The summed E-state index contributed by atoms with van der Waals surface area (Å²) in [6, 6.07) is 3.28. The molecule has 4 heteroatoms. The molecule has 0 amide bonds. The van der Waals surface area contributed by atoms with Crippen LogP contribution in [0, 0.1) is 5.82 Å². The van der Waals surface area contributed by atoms with Gasteiger partial charge in [-0.25, -0.2) is 9.18 Å². The molecule has 3 nitrogen and oxygen atoms in total. The van der Waals surface area contributed by atoms with Crippen LogP contribution in [0.5, 0.6) is 0 Å². The first-order valence-electron chi connectivity index (χ1n) is 4.34. The highest BCUT2D eigenvalue weighted by Gasteiger charge is 2.15. The van der Waals surface area contributed by atoms with E-state index in [2.05, 4.69) is 0 Å². The lowest BCUT2D eigenvalue weighted by Crippen LogP contribution is -2.14. The molecule has 1 aromatic rings. The molecule has 1 aromatic carbocycles. The number of hydrogen-bond acceptors (Lipinski definition) is 2. The smallest absolute Gasteiger partial charge is 0.336 e. The van der Waals surface area contributed by atoms with Crippen LogP contribution in [0.3, 0.4) is 0 Å². The van der Waals surface area contributed by atoms with Gasteiger partial charge in [0.2, 0.25) is 0 Å². The van der Waals surface area contributed by atoms with Crippen molar-refractivity contribution in [3.63, 3.8) is 0 Å². The Morgan fingerprint density at radius 1 is 1.64 bits per heavy atom. The van der Waals surface area contributed by atoms with E-state index in [4.69, 9.17) is 10.8 Å². The van der Waals surface area contributed by atoms with E-state index in [1.54, 1.807) is 0 Å². The van der Waals surface area contributed by atoms with Crippen LogP contribution in [0.25, 0.3) is 0 Å². The van der Waals surface area contributed by atoms with E-state index in [0.717, 1.165) is 6.07 Å². The van der Waals surface area contributed by atoms with Crippen molar-refractivity contribution in [2.75, 3.05) is 0 Å². The molecule has 0 heterocycles. The summed E-state index contributed by atoms with van der Waals surface area (Å²) in [4.78, 5) is 10.8. The molecule has 0 aliphatic carbocycles. The zero-order valence-electron chi connectivity index (χ0n) is 7.83. The predicted octanol–water partition coefficient (Wildman–Crippen LogP) is 1.93. The van der Waals surface area contributed by atoms with Crippen molar-refractivity contribution in [3.05, 3.63) is 35.1 Å². The number of carboxylic acids is 1. The Hall–Kier alpha value is -1.42. The number of nitrogens with two attached hydrogens (primary N) is 1. The Bertz CT molecular complexity index is 352. The normalized spacial score (nSPS) is 12.5. The van der Waals surface area contributed by atoms with Crippen LogP contribution >= 0.6 is 0 Å². The number of benzene rings is 1. The van der Waals surface area contributed by atoms with Gasteiger partial charge in [-0.15, -0.1) is 0 Å². The molecule has 0 fully saturated rings. The van der Waals surface area contributed by atoms with Crippen LogP contribution in [0.15, 0.2) is 18.2 Å². The van der Waals surface area contributed by atoms with E-state index in [-0.39, 0.29) is 11.6 Å². The van der Waals surface area contributed by atoms with E-state index in [1.165, 1.54) is 12.1 Å². The van der Waals surface area contributed by atoms with E-state index in [1.807, 2.05) is 6.92 Å². The van der Waals surface area contributed by atoms with Crippen LogP contribution in [0.4, 0.5) is 4.39 Å². The van der Waals surface area contributed by atoms with E-state index >= 15 is 0 Å². The molecule has 0 bridgehead atoms. The van der Waals surface area contributed by atoms with Crippen molar-refractivity contribution < 1.29 is 14.3 Å². The Kier molecular flexibility index (Phi) is 3.19. The van der Waals surface area contributed by atoms with Crippen molar-refractivity contribution in [1.29, 1.82) is 0 Å². The number of carbonyl (C=O) groups is 1. The Morgan fingerprint density at radius 2 is 2.29 bits per heavy atom. The highest BCUT2D eigenvalue weighted by molar-refractivity contribution is 5.89. The SMILES string of the molecule is CCC(N)c1ccc(F)cc1C(=O)O. The molecular weight excluding hydrogens is 185 g/mol. The van der Waals surface area contributed by atoms with Crippen molar-refractivity contribution >= 4 is 5.97 Å². The third-order valence-electron chi connectivity index (χ3n) is 2.09. The van der Waals surface area contributed by atoms with Gasteiger partial charge in [-0.05, 0) is 24.1 Å². The van der Waals surface area contributed by atoms with Gasteiger partial charge in [0, 0.05) is 6.04 Å². The fourth-order valence-corrected chi connectivity index (χ4v) is 1.26. The number of hydrogen-bond donors (Lipinski definition) is 2. The van der Waals surface area contributed by atoms with E-state index in [0.29, 0.717) is 12.0 Å². The maximum Gasteiger partial charge on any atom is 0.336 e. The Labute approximate surface area is 81.4 Å². The lowest BCUT2D eigenvalue weighted by molar-refractivity contribution is 0.0694. The van der Waals surface area contributed by atoms with Crippen molar-refractivity contribution in [2.45, 2.75) is 19.4 Å². The lowest BCUT2D eigenvalue weighted by Gasteiger charge is -2.12. The summed E-state index contributed by atoms with van der Waals surface area (Å²) in [6.07, 6.45) is 0.617. The van der Waals surface area contributed by atoms with Gasteiger partial charge >= 0.3 is 5.97 Å². The average Bonchev–Trinajstić information content (AvgIpc) is 2.16. The summed E-state index contributed by atoms with van der Waals surface area (Å²) >= 11 is 0. The third-order valence-corrected chi connectivity index (χ3v) is 2.09. The summed E-state index contributed by atoms with van der Waals surface area (Å²) in [5.41, 5.74) is 6.11. The molecule has 1 rings (SSSR count). The first-order valence-corrected chi connectivity index (χ1v) is 4.34. The van der Waals surface area contributed by atoms with Crippen molar-refractivity contribution in [2.24, 2.45) is 5.73 Å². The molecule has 0 saturated carbocycles. The topological polar surface area (TPSA) is 63.3 Å². The minimum Gasteiger partial charge on any atom is -0.478 e. The molecule has 0 aliphatic rings. The molecule has 76 valence electrons. The molecule has 1 unspecified atom stereocenters. The van der Waals surface area contributed by atoms with Crippen molar-refractivity contribution in [1.82, 2.24) is 0 Å². The zero-order valence-corrected chi connectivity index (χ0v) is 7.83. The second kappa shape index (κ2) is 4.19. The van der Waals surface area contributed by atoms with E-state index < -0.39 is 11.8 Å². The van der Waals surface area contributed by atoms with Gasteiger partial charge in [0.1, 0.15) is 5.82 Å². The standard InChI is InChI=1S/C10H12FNO2/c1-2-9(12)7-4-3-6(11)5-8(7)10(13)14/h3-5,9H,2,12H2,1H3,(H,13,14). The van der Waals surface area contributed by atoms with Crippen molar-refractivity contribution in [3.8, 4) is 0 Å². The molecule has 14 heavy (non-hydrogen) atoms. The molecular formula is C10H12FNO2. The Morgan fingerprint density at radius 3 is 2.79 bits per heavy atom. The number of aromatic carboxylic acids is 1. The molecule has 0 radical (unpaired) electrons. The fourth-order valence-electron chi connectivity index (χ4n) is 1.26. The van der Waals surface area contributed by atoms with Gasteiger partial charge in [-0.2, -0.15) is 0 Å². The molecule has 0 saturated heterocycles. The van der Waals surface area contributed by atoms with Crippen LogP contribution in [-0.4, -0.2) is 11.1 Å². The number of halogens is 1. The second-order valence-corrected chi connectivity index (χ2v) is 3.05. The highest BCUT2D eigenvalue weighted by Crippen LogP contribution is 2.19. The molecule has 0 spiro atoms. The van der Waals surface area contributed by atoms with Gasteiger partial charge in [-0.1, -0.05) is 13.0 Å². The van der Waals surface area contributed by atoms with Crippen LogP contribution in [0.1, 0.15) is 35.3 Å². The largest absolute Gasteiger partial charge is 0.478 e. The van der Waals surface area contributed by atoms with Gasteiger partial charge < -0.3 is 10.8 Å². The van der Waals surface area contributed by atoms with Gasteiger partial charge in [0.25, 0.3) is 0 Å². The molecule has 0 aromatic heterocycles. The summed E-state index contributed by atoms with van der Waals surface area (Å²) in [5, 5.41) is 8.81. The Balaban J connectivity index is 3.21. The fraction of sp³-hybridized carbons (Fsp3) is 0.300. The average molecular weight is 197 g/mol. The first kappa shape index (κ1) is 10.7. The summed E-state index contributed by atoms with van der Waals surface area (Å²) in [5.74, 6) is -1.71. The lowest BCUT2D eigenvalue weighted by atomic mass is 9.99. The summed E-state index contributed by atoms with van der Waals surface area (Å²) in [6.45, 7) is 1.85. The monoisotopic (exact) mass is 197 g/mol. The second-order valence-electron chi connectivity index (χ2n) is 3.05. The highest BCUT2D eigenvalue weighted by atomic mass is 19.1. The zero-order chi connectivity index (χ0) is 10.7. The number of rotatable bonds is 3. The van der Waals surface area contributed by atoms with Crippen LogP contribution in [-0.2, 0) is 0 Å². The maximum absolute atomic E-state index is 12.8. The number of carboxylic acid groups (broad SMARTS) is 1. The van der Waals surface area contributed by atoms with Gasteiger partial charge in [0.15, 0.2) is 0 Å². The molecule has 0 aliphatic heterocycles. The van der Waals surface area contributed by atoms with Crippen LogP contribution < -0.4 is 5.73 Å². The summed E-state index contributed by atoms with van der Waals surface area (Å²) in [7, 11) is 0. The van der Waals surface area contributed by atoms with Gasteiger partial charge in [0.05, 0.1) is 5.56 Å².